The largest absolute Gasteiger partial charge is 0.338 e. The second kappa shape index (κ2) is 10.0. The summed E-state index contributed by atoms with van der Waals surface area (Å²) in [5.74, 6) is 0. The predicted molar refractivity (Wildman–Crippen MR) is 145 cm³/mol. The van der Waals surface area contributed by atoms with E-state index in [9.17, 15) is 4.79 Å². The first-order valence-corrected chi connectivity index (χ1v) is 15.6. The van der Waals surface area contributed by atoms with Gasteiger partial charge in [0.25, 0.3) is 10.6 Å². The zero-order valence-corrected chi connectivity index (χ0v) is 23.3. The monoisotopic (exact) mass is 522 g/mol. The van der Waals surface area contributed by atoms with Gasteiger partial charge in [0.05, 0.1) is 6.08 Å². The second-order valence-electron chi connectivity index (χ2n) is 7.25. The van der Waals surface area contributed by atoms with Crippen LogP contribution < -0.4 is 19.3 Å². The summed E-state index contributed by atoms with van der Waals surface area (Å²) in [6.07, 6.45) is 6.48. The topological polar surface area (TPSA) is 29.1 Å². The van der Waals surface area contributed by atoms with E-state index < -0.39 is 0 Å². The summed E-state index contributed by atoms with van der Waals surface area (Å²) in [5, 5.41) is 4.39. The first-order chi connectivity index (χ1) is 15.5. The maximum Gasteiger partial charge on any atom is 0.271 e. The normalized spacial score (nSPS) is 16.5. The van der Waals surface area contributed by atoms with Crippen LogP contribution in [0.5, 0.6) is 0 Å². The van der Waals surface area contributed by atoms with Crippen LogP contribution >= 0.6 is 58.0 Å². The molecule has 9 heteroatoms. The van der Waals surface area contributed by atoms with E-state index in [4.69, 9.17) is 0 Å². The average molecular weight is 523 g/mol. The third-order valence-corrected chi connectivity index (χ3v) is 10.7. The number of hydrogen-bond donors (Lipinski definition) is 0. The predicted octanol–water partition coefficient (Wildman–Crippen LogP) is 4.72. The number of allylic oxidation sites excluding steroid dienone is 1. The Kier molecular flexibility index (Phi) is 7.51. The fourth-order valence-electron chi connectivity index (χ4n) is 3.93. The molecule has 4 rings (SSSR count). The van der Waals surface area contributed by atoms with E-state index in [0.717, 1.165) is 27.3 Å². The van der Waals surface area contributed by atoms with Crippen molar-refractivity contribution >= 4 is 79.3 Å². The number of thiazole rings is 2. The number of thioether (sulfide) groups is 3. The highest BCUT2D eigenvalue weighted by molar-refractivity contribution is 8.10. The Morgan fingerprint density at radius 3 is 2.41 bits per heavy atom. The SMILES string of the molecule is CCN1C(C)=CS/C1=c1\sc(=Cc2sc3cc(SC)c(SC)cc3[n+]2CC)n(CC)c1=O. The van der Waals surface area contributed by atoms with Gasteiger partial charge in [-0.15, -0.1) is 34.9 Å². The Labute approximate surface area is 209 Å². The zero-order valence-electron chi connectivity index (χ0n) is 19.2. The van der Waals surface area contributed by atoms with E-state index in [-0.39, 0.29) is 5.56 Å². The lowest BCUT2D eigenvalue weighted by Gasteiger charge is -2.17. The molecule has 32 heavy (non-hydrogen) atoms. The van der Waals surface area contributed by atoms with Crippen molar-refractivity contribution in [2.45, 2.75) is 50.6 Å². The van der Waals surface area contributed by atoms with E-state index in [0.29, 0.717) is 6.54 Å². The number of aromatic nitrogens is 2. The van der Waals surface area contributed by atoms with E-state index in [1.165, 1.54) is 30.7 Å². The van der Waals surface area contributed by atoms with Crippen molar-refractivity contribution in [1.82, 2.24) is 9.47 Å². The minimum absolute atomic E-state index is 0.117. The molecule has 1 aliphatic rings. The van der Waals surface area contributed by atoms with Crippen molar-refractivity contribution in [3.8, 4) is 0 Å². The number of hydrogen-bond acceptors (Lipinski definition) is 7. The molecule has 1 aliphatic heterocycles. The van der Waals surface area contributed by atoms with Crippen LogP contribution in [0.3, 0.4) is 0 Å². The first-order valence-electron chi connectivity index (χ1n) is 10.6. The molecule has 0 saturated heterocycles. The van der Waals surface area contributed by atoms with Gasteiger partial charge < -0.3 is 4.90 Å². The fourth-order valence-corrected chi connectivity index (χ4v) is 9.12. The van der Waals surface area contributed by atoms with E-state index >= 15 is 0 Å². The van der Waals surface area contributed by atoms with Gasteiger partial charge in [0.2, 0.25) is 5.52 Å². The Morgan fingerprint density at radius 2 is 1.78 bits per heavy atom. The van der Waals surface area contributed by atoms with E-state index in [1.54, 1.807) is 46.6 Å². The minimum Gasteiger partial charge on any atom is -0.338 e. The molecular weight excluding hydrogens is 495 g/mol. The molecule has 0 radical (unpaired) electrons. The highest BCUT2D eigenvalue weighted by Crippen LogP contribution is 2.35. The maximum atomic E-state index is 13.3. The van der Waals surface area contributed by atoms with Crippen molar-refractivity contribution in [3.63, 3.8) is 0 Å². The number of fused-ring (bicyclic) bond motifs is 1. The van der Waals surface area contributed by atoms with Gasteiger partial charge in [-0.1, -0.05) is 23.1 Å². The summed E-state index contributed by atoms with van der Waals surface area (Å²) in [6, 6.07) is 4.62. The Balaban J connectivity index is 1.96. The molecule has 3 heterocycles. The van der Waals surface area contributed by atoms with Gasteiger partial charge in [-0.05, 0) is 51.7 Å². The van der Waals surface area contributed by atoms with Crippen LogP contribution in [-0.4, -0.2) is 28.5 Å². The molecule has 4 nitrogen and oxygen atoms in total. The molecule has 0 spiro atoms. The molecule has 0 N–H and O–H groups in total. The number of rotatable bonds is 6. The third-order valence-electron chi connectivity index (χ3n) is 5.55. The van der Waals surface area contributed by atoms with Crippen LogP contribution in [0.2, 0.25) is 0 Å². The molecule has 3 aromatic rings. The fraction of sp³-hybridized carbons (Fsp3) is 0.391. The summed E-state index contributed by atoms with van der Waals surface area (Å²) >= 11 is 8.68. The minimum atomic E-state index is 0.117. The lowest BCUT2D eigenvalue weighted by molar-refractivity contribution is -0.665. The molecular formula is C23H28N3OS5+. The molecule has 1 aromatic carbocycles. The lowest BCUT2D eigenvalue weighted by Crippen LogP contribution is -2.35. The van der Waals surface area contributed by atoms with Gasteiger partial charge >= 0.3 is 0 Å². The summed E-state index contributed by atoms with van der Waals surface area (Å²) in [7, 11) is 0. The van der Waals surface area contributed by atoms with E-state index in [2.05, 4.69) is 73.3 Å². The van der Waals surface area contributed by atoms with Crippen LogP contribution in [-0.2, 0) is 13.1 Å². The first kappa shape index (κ1) is 24.0. The highest BCUT2D eigenvalue weighted by Gasteiger charge is 2.22. The smallest absolute Gasteiger partial charge is 0.271 e. The van der Waals surface area contributed by atoms with Crippen molar-refractivity contribution in [3.05, 3.63) is 47.8 Å². The summed E-state index contributed by atoms with van der Waals surface area (Å²) in [4.78, 5) is 18.2. The Morgan fingerprint density at radius 1 is 1.06 bits per heavy atom. The molecule has 0 saturated carbocycles. The Bertz CT molecular complexity index is 1380. The third kappa shape index (κ3) is 4.11. The van der Waals surface area contributed by atoms with Crippen LogP contribution in [0.4, 0.5) is 0 Å². The standard InChI is InChI=1S/C23H28N3OS5/c1-7-24-14(4)13-30-23(24)21-22(27)26(9-3)20(32-21)12-19-25(8-2)15-10-17(28-5)18(29-6)11-16(15)31-19/h10-13H,7-9H2,1-6H3/q+1/b23-21-. The van der Waals surface area contributed by atoms with Gasteiger partial charge in [0.15, 0.2) is 0 Å². The van der Waals surface area contributed by atoms with Gasteiger partial charge in [0.1, 0.15) is 25.5 Å². The lowest BCUT2D eigenvalue weighted by atomic mass is 10.3. The van der Waals surface area contributed by atoms with Crippen LogP contribution in [0.15, 0.2) is 37.8 Å². The molecule has 170 valence electrons. The Hall–Kier alpha value is -1.13. The summed E-state index contributed by atoms with van der Waals surface area (Å²) in [5.41, 5.74) is 2.59. The molecule has 0 fully saturated rings. The van der Waals surface area contributed by atoms with Crippen molar-refractivity contribution < 1.29 is 4.57 Å². The van der Waals surface area contributed by atoms with Crippen LogP contribution in [0, 0.1) is 0 Å². The molecule has 0 amide bonds. The molecule has 0 atom stereocenters. The molecule has 2 aromatic heterocycles. The van der Waals surface area contributed by atoms with E-state index in [1.807, 2.05) is 15.9 Å². The highest BCUT2D eigenvalue weighted by atomic mass is 32.2. The summed E-state index contributed by atoms with van der Waals surface area (Å²) < 4.78 is 7.44. The second-order valence-corrected chi connectivity index (χ2v) is 11.9. The number of nitrogens with zero attached hydrogens (tertiary/aromatic N) is 3. The van der Waals surface area contributed by atoms with Crippen LogP contribution in [0.1, 0.15) is 32.7 Å². The summed E-state index contributed by atoms with van der Waals surface area (Å²) in [6.45, 7) is 10.9. The van der Waals surface area contributed by atoms with Gasteiger partial charge in [0, 0.05) is 34.6 Å². The zero-order chi connectivity index (χ0) is 23.0. The van der Waals surface area contributed by atoms with Gasteiger partial charge in [-0.2, -0.15) is 4.57 Å². The average Bonchev–Trinajstić information content (AvgIpc) is 3.44. The number of benzene rings is 1. The maximum absolute atomic E-state index is 13.3. The molecule has 0 aliphatic carbocycles. The number of aryl methyl sites for hydroxylation is 1. The van der Waals surface area contributed by atoms with Crippen molar-refractivity contribution in [1.29, 1.82) is 0 Å². The van der Waals surface area contributed by atoms with Crippen LogP contribution in [0.25, 0.3) is 21.3 Å². The quantitative estimate of drug-likeness (QED) is 0.345. The molecule has 0 unspecified atom stereocenters. The van der Waals surface area contributed by atoms with Gasteiger partial charge in [-0.3, -0.25) is 9.36 Å². The molecule has 0 bridgehead atoms. The van der Waals surface area contributed by atoms with Crippen molar-refractivity contribution in [2.75, 3.05) is 19.1 Å². The van der Waals surface area contributed by atoms with Gasteiger partial charge in [-0.25, -0.2) is 0 Å². The van der Waals surface area contributed by atoms with Crippen molar-refractivity contribution in [2.24, 2.45) is 0 Å².